The minimum Gasteiger partial charge on any atom is -0.0622 e. The van der Waals surface area contributed by atoms with E-state index in [1.165, 1.54) is 54.6 Å². The van der Waals surface area contributed by atoms with Gasteiger partial charge in [0.1, 0.15) is 0 Å². The fourth-order valence-corrected chi connectivity index (χ4v) is 4.63. The molecule has 6 rings (SSSR count). The highest BCUT2D eigenvalue weighted by Gasteiger charge is 2.12. The maximum atomic E-state index is 2.37. The van der Waals surface area contributed by atoms with Crippen LogP contribution in [0.1, 0.15) is 0 Å². The monoisotopic (exact) mass is 380 g/mol. The van der Waals surface area contributed by atoms with E-state index < -0.39 is 0 Å². The lowest BCUT2D eigenvalue weighted by Crippen LogP contribution is -1.87. The Hall–Kier alpha value is -3.90. The van der Waals surface area contributed by atoms with Crippen molar-refractivity contribution < 1.29 is 0 Å². The number of fused-ring (bicyclic) bond motifs is 3. The highest BCUT2D eigenvalue weighted by Crippen LogP contribution is 2.39. The number of hydrogen-bond donors (Lipinski definition) is 0. The first kappa shape index (κ1) is 17.0. The second kappa shape index (κ2) is 6.86. The van der Waals surface area contributed by atoms with Crippen LogP contribution < -0.4 is 0 Å². The predicted octanol–water partition coefficient (Wildman–Crippen LogP) is 8.48. The lowest BCUT2D eigenvalue weighted by molar-refractivity contribution is 1.65. The van der Waals surface area contributed by atoms with Gasteiger partial charge in [-0.15, -0.1) is 0 Å². The molecule has 6 aromatic carbocycles. The molecule has 0 bridgehead atoms. The van der Waals surface area contributed by atoms with Crippen LogP contribution in [0.25, 0.3) is 54.6 Å². The molecule has 0 amide bonds. The second-order valence-electron chi connectivity index (χ2n) is 7.80. The van der Waals surface area contributed by atoms with Gasteiger partial charge in [0, 0.05) is 0 Å². The molecule has 0 spiro atoms. The highest BCUT2D eigenvalue weighted by atomic mass is 14.2. The van der Waals surface area contributed by atoms with Crippen LogP contribution in [0.2, 0.25) is 0 Å². The summed E-state index contributed by atoms with van der Waals surface area (Å²) in [5.74, 6) is 0. The minimum absolute atomic E-state index is 1.26. The SMILES string of the molecule is c1ccc(-c2cccc3cc4c(-c5ccccc5)c5ccccc5cc4cc23)cc1. The summed E-state index contributed by atoms with van der Waals surface area (Å²) in [6, 6.07) is 43.8. The quantitative estimate of drug-likeness (QED) is 0.264. The van der Waals surface area contributed by atoms with Crippen LogP contribution in [0.3, 0.4) is 0 Å². The van der Waals surface area contributed by atoms with Crippen molar-refractivity contribution in [1.82, 2.24) is 0 Å². The molecule has 0 saturated heterocycles. The van der Waals surface area contributed by atoms with Gasteiger partial charge in [0.2, 0.25) is 0 Å². The van der Waals surface area contributed by atoms with Crippen molar-refractivity contribution in [2.75, 3.05) is 0 Å². The van der Waals surface area contributed by atoms with E-state index in [4.69, 9.17) is 0 Å². The minimum atomic E-state index is 1.26. The molecule has 0 aliphatic heterocycles. The second-order valence-corrected chi connectivity index (χ2v) is 7.80. The van der Waals surface area contributed by atoms with E-state index >= 15 is 0 Å². The Morgan fingerprint density at radius 1 is 0.333 bits per heavy atom. The number of rotatable bonds is 2. The van der Waals surface area contributed by atoms with E-state index in [0.717, 1.165) is 0 Å². The molecule has 0 aliphatic carbocycles. The van der Waals surface area contributed by atoms with Crippen molar-refractivity contribution in [3.63, 3.8) is 0 Å². The van der Waals surface area contributed by atoms with Gasteiger partial charge in [0.05, 0.1) is 0 Å². The summed E-state index contributed by atoms with van der Waals surface area (Å²) >= 11 is 0. The fourth-order valence-electron chi connectivity index (χ4n) is 4.63. The molecular weight excluding hydrogens is 360 g/mol. The van der Waals surface area contributed by atoms with Gasteiger partial charge < -0.3 is 0 Å². The normalized spacial score (nSPS) is 11.3. The Morgan fingerprint density at radius 2 is 0.933 bits per heavy atom. The van der Waals surface area contributed by atoms with Crippen LogP contribution in [-0.2, 0) is 0 Å². The molecule has 0 nitrogen and oxygen atoms in total. The molecule has 0 aliphatic rings. The molecule has 0 fully saturated rings. The van der Waals surface area contributed by atoms with E-state index in [1.807, 2.05) is 0 Å². The summed E-state index contributed by atoms with van der Waals surface area (Å²) in [6.45, 7) is 0. The van der Waals surface area contributed by atoms with E-state index in [0.29, 0.717) is 0 Å². The molecular formula is C30H20. The van der Waals surface area contributed by atoms with Gasteiger partial charge in [0.25, 0.3) is 0 Å². The van der Waals surface area contributed by atoms with Crippen molar-refractivity contribution in [3.8, 4) is 22.3 Å². The molecule has 0 unspecified atom stereocenters. The van der Waals surface area contributed by atoms with Crippen LogP contribution in [0, 0.1) is 0 Å². The fraction of sp³-hybridized carbons (Fsp3) is 0. The highest BCUT2D eigenvalue weighted by molar-refractivity contribution is 6.17. The summed E-state index contributed by atoms with van der Waals surface area (Å²) in [6.07, 6.45) is 0. The molecule has 6 aromatic rings. The average Bonchev–Trinajstić information content (AvgIpc) is 2.82. The van der Waals surface area contributed by atoms with Gasteiger partial charge >= 0.3 is 0 Å². The third-order valence-electron chi connectivity index (χ3n) is 6.01. The van der Waals surface area contributed by atoms with E-state index in [1.54, 1.807) is 0 Å². The van der Waals surface area contributed by atoms with Gasteiger partial charge in [-0.3, -0.25) is 0 Å². The van der Waals surface area contributed by atoms with Crippen molar-refractivity contribution >= 4 is 32.3 Å². The summed E-state index contributed by atoms with van der Waals surface area (Å²) in [4.78, 5) is 0. The van der Waals surface area contributed by atoms with Crippen molar-refractivity contribution in [3.05, 3.63) is 121 Å². The molecule has 0 radical (unpaired) electrons. The van der Waals surface area contributed by atoms with Crippen molar-refractivity contribution in [1.29, 1.82) is 0 Å². The summed E-state index contributed by atoms with van der Waals surface area (Å²) in [5, 5.41) is 7.73. The maximum Gasteiger partial charge on any atom is -0.00266 e. The standard InChI is InChI=1S/C30H20/c1-3-10-21(11-4-1)26-17-9-15-24-19-29-25(20-28(24)26)18-23-14-7-8-16-27(23)30(29)22-12-5-2-6-13-22/h1-20H. The molecule has 30 heavy (non-hydrogen) atoms. The molecule has 0 N–H and O–H groups in total. The topological polar surface area (TPSA) is 0 Å². The molecule has 0 saturated carbocycles. The van der Waals surface area contributed by atoms with Gasteiger partial charge in [0.15, 0.2) is 0 Å². The molecule has 0 atom stereocenters. The third-order valence-corrected chi connectivity index (χ3v) is 6.01. The van der Waals surface area contributed by atoms with Crippen LogP contribution in [0.4, 0.5) is 0 Å². The van der Waals surface area contributed by atoms with Crippen LogP contribution in [0.15, 0.2) is 121 Å². The van der Waals surface area contributed by atoms with Crippen molar-refractivity contribution in [2.45, 2.75) is 0 Å². The maximum absolute atomic E-state index is 2.37. The zero-order chi connectivity index (χ0) is 19.9. The molecule has 0 aromatic heterocycles. The zero-order valence-electron chi connectivity index (χ0n) is 16.5. The first-order valence-electron chi connectivity index (χ1n) is 10.4. The van der Waals surface area contributed by atoms with E-state index in [-0.39, 0.29) is 0 Å². The Kier molecular flexibility index (Phi) is 3.89. The van der Waals surface area contributed by atoms with Gasteiger partial charge in [-0.2, -0.15) is 0 Å². The van der Waals surface area contributed by atoms with E-state index in [2.05, 4.69) is 121 Å². The van der Waals surface area contributed by atoms with Crippen molar-refractivity contribution in [2.24, 2.45) is 0 Å². The van der Waals surface area contributed by atoms with Gasteiger partial charge in [-0.25, -0.2) is 0 Å². The lowest BCUT2D eigenvalue weighted by Gasteiger charge is -2.15. The smallest absolute Gasteiger partial charge is 0.00266 e. The first-order chi connectivity index (χ1) is 14.9. The number of hydrogen-bond acceptors (Lipinski definition) is 0. The third kappa shape index (κ3) is 2.69. The van der Waals surface area contributed by atoms with Crippen LogP contribution in [-0.4, -0.2) is 0 Å². The predicted molar refractivity (Wildman–Crippen MR) is 130 cm³/mol. The Balaban J connectivity index is 1.76. The number of benzene rings is 6. The van der Waals surface area contributed by atoms with Gasteiger partial charge in [-0.1, -0.05) is 103 Å². The average molecular weight is 380 g/mol. The Labute approximate surface area is 176 Å². The summed E-state index contributed by atoms with van der Waals surface area (Å²) in [5.41, 5.74) is 5.12. The van der Waals surface area contributed by atoms with Gasteiger partial charge in [-0.05, 0) is 72.8 Å². The molecule has 140 valence electrons. The van der Waals surface area contributed by atoms with Crippen LogP contribution >= 0.6 is 0 Å². The summed E-state index contributed by atoms with van der Waals surface area (Å²) < 4.78 is 0. The van der Waals surface area contributed by atoms with Crippen LogP contribution in [0.5, 0.6) is 0 Å². The Morgan fingerprint density at radius 3 is 1.73 bits per heavy atom. The largest absolute Gasteiger partial charge is 0.0622 e. The summed E-state index contributed by atoms with van der Waals surface area (Å²) in [7, 11) is 0. The first-order valence-corrected chi connectivity index (χ1v) is 10.4. The zero-order valence-corrected chi connectivity index (χ0v) is 16.5. The molecule has 0 heterocycles. The lowest BCUT2D eigenvalue weighted by atomic mass is 9.89. The molecule has 0 heteroatoms. The van der Waals surface area contributed by atoms with E-state index in [9.17, 15) is 0 Å². The Bertz CT molecular complexity index is 1510.